The molecule has 0 spiro atoms. The molecule has 4 aromatic rings. The number of ether oxygens (including phenoxy) is 1. The Morgan fingerprint density at radius 2 is 1.62 bits per heavy atom. The molecule has 0 unspecified atom stereocenters. The first-order valence-electron chi connectivity index (χ1n) is 11.7. The Bertz CT molecular complexity index is 1170. The van der Waals surface area contributed by atoms with Gasteiger partial charge in [0.05, 0.1) is 7.11 Å². The quantitative estimate of drug-likeness (QED) is 0.350. The molecule has 0 atom stereocenters. The summed E-state index contributed by atoms with van der Waals surface area (Å²) in [6.07, 6.45) is 11.5. The highest BCUT2D eigenvalue weighted by molar-refractivity contribution is 5.96. The van der Waals surface area contributed by atoms with Crippen LogP contribution < -0.4 is 4.74 Å². The van der Waals surface area contributed by atoms with Gasteiger partial charge in [0.1, 0.15) is 5.75 Å². The number of fused-ring (bicyclic) bond motifs is 1. The van der Waals surface area contributed by atoms with Crippen LogP contribution in [0, 0.1) is 0 Å². The van der Waals surface area contributed by atoms with Crippen molar-refractivity contribution in [1.82, 2.24) is 14.5 Å². The largest absolute Gasteiger partial charge is 0.497 e. The predicted octanol–water partition coefficient (Wildman–Crippen LogP) is 6.25. The third-order valence-corrected chi connectivity index (χ3v) is 6.58. The van der Waals surface area contributed by atoms with Crippen molar-refractivity contribution >= 4 is 10.9 Å². The van der Waals surface area contributed by atoms with E-state index in [9.17, 15) is 0 Å². The average molecular weight is 426 g/mol. The number of pyridine rings is 1. The summed E-state index contributed by atoms with van der Waals surface area (Å²) in [5.74, 6) is 0.866. The topological polar surface area (TPSA) is 30.3 Å². The minimum Gasteiger partial charge on any atom is -0.497 e. The number of hydrogen-bond acceptors (Lipinski definition) is 3. The molecule has 1 aliphatic heterocycles. The van der Waals surface area contributed by atoms with Crippen molar-refractivity contribution in [2.45, 2.75) is 32.2 Å². The van der Waals surface area contributed by atoms with Crippen LogP contribution in [0.4, 0.5) is 0 Å². The fraction of sp³-hybridized carbons (Fsp3) is 0.321. The number of rotatable bonds is 7. The van der Waals surface area contributed by atoms with Crippen LogP contribution in [0.15, 0.2) is 73.2 Å². The minimum absolute atomic E-state index is 0.866. The van der Waals surface area contributed by atoms with Gasteiger partial charge in [-0.2, -0.15) is 0 Å². The molecule has 0 radical (unpaired) electrons. The van der Waals surface area contributed by atoms with Crippen LogP contribution in [-0.2, 0) is 6.54 Å². The molecular formula is C28H31N3O. The Balaban J connectivity index is 1.41. The van der Waals surface area contributed by atoms with E-state index in [1.165, 1.54) is 61.8 Å². The number of nitrogens with zero attached hydrogens (tertiary/aromatic N) is 3. The summed E-state index contributed by atoms with van der Waals surface area (Å²) in [4.78, 5) is 7.20. The second kappa shape index (κ2) is 9.58. The SMILES string of the molecule is COc1ccc(-c2cncc(-c3cn(CCCN4CCCCC4)c4ccccc34)c2)cc1. The van der Waals surface area contributed by atoms with E-state index >= 15 is 0 Å². The lowest BCUT2D eigenvalue weighted by atomic mass is 10.0. The summed E-state index contributed by atoms with van der Waals surface area (Å²) in [6, 6.07) is 19.1. The van der Waals surface area contributed by atoms with E-state index in [4.69, 9.17) is 4.74 Å². The van der Waals surface area contributed by atoms with Crippen molar-refractivity contribution in [2.24, 2.45) is 0 Å². The van der Waals surface area contributed by atoms with Gasteiger partial charge in [-0.15, -0.1) is 0 Å². The summed E-state index contributed by atoms with van der Waals surface area (Å²) < 4.78 is 7.72. The van der Waals surface area contributed by atoms with E-state index in [0.717, 1.165) is 29.0 Å². The molecule has 5 rings (SSSR count). The maximum absolute atomic E-state index is 5.30. The first-order chi connectivity index (χ1) is 15.8. The molecule has 0 amide bonds. The second-order valence-corrected chi connectivity index (χ2v) is 8.70. The van der Waals surface area contributed by atoms with Crippen molar-refractivity contribution in [1.29, 1.82) is 0 Å². The maximum Gasteiger partial charge on any atom is 0.118 e. The van der Waals surface area contributed by atoms with E-state index in [1.54, 1.807) is 7.11 Å². The third-order valence-electron chi connectivity index (χ3n) is 6.58. The van der Waals surface area contributed by atoms with Gasteiger partial charge in [-0.3, -0.25) is 4.98 Å². The summed E-state index contributed by atoms with van der Waals surface area (Å²) in [5, 5.41) is 1.29. The standard InChI is InChI=1S/C28H31N3O/c1-32-25-12-10-22(11-13-25)23-18-24(20-29-19-23)27-21-31(28-9-4-3-8-26(27)28)17-7-16-30-14-5-2-6-15-30/h3-4,8-13,18-21H,2,5-7,14-17H2,1H3. The highest BCUT2D eigenvalue weighted by Gasteiger charge is 2.13. The Morgan fingerprint density at radius 1 is 0.844 bits per heavy atom. The van der Waals surface area contributed by atoms with Crippen LogP contribution in [0.2, 0.25) is 0 Å². The van der Waals surface area contributed by atoms with Crippen LogP contribution in [0.5, 0.6) is 5.75 Å². The zero-order valence-corrected chi connectivity index (χ0v) is 18.8. The molecule has 2 aromatic heterocycles. The van der Waals surface area contributed by atoms with E-state index in [2.05, 4.69) is 63.1 Å². The predicted molar refractivity (Wildman–Crippen MR) is 132 cm³/mol. The Kier molecular flexibility index (Phi) is 6.22. The number of methoxy groups -OCH3 is 1. The molecule has 1 saturated heterocycles. The van der Waals surface area contributed by atoms with Crippen LogP contribution in [-0.4, -0.2) is 41.2 Å². The first-order valence-corrected chi connectivity index (χ1v) is 11.7. The number of aryl methyl sites for hydroxylation is 1. The number of para-hydroxylation sites is 1. The zero-order chi connectivity index (χ0) is 21.8. The second-order valence-electron chi connectivity index (χ2n) is 8.70. The van der Waals surface area contributed by atoms with E-state index in [0.29, 0.717) is 0 Å². The van der Waals surface area contributed by atoms with Gasteiger partial charge < -0.3 is 14.2 Å². The highest BCUT2D eigenvalue weighted by atomic mass is 16.5. The fourth-order valence-corrected chi connectivity index (χ4v) is 4.84. The molecule has 0 bridgehead atoms. The molecule has 0 saturated carbocycles. The lowest BCUT2D eigenvalue weighted by Crippen LogP contribution is -2.31. The van der Waals surface area contributed by atoms with Gasteiger partial charge in [-0.25, -0.2) is 0 Å². The van der Waals surface area contributed by atoms with Gasteiger partial charge in [0.2, 0.25) is 0 Å². The normalized spacial score (nSPS) is 14.7. The number of benzene rings is 2. The van der Waals surface area contributed by atoms with Crippen LogP contribution in [0.1, 0.15) is 25.7 Å². The Morgan fingerprint density at radius 3 is 2.44 bits per heavy atom. The lowest BCUT2D eigenvalue weighted by molar-refractivity contribution is 0.223. The van der Waals surface area contributed by atoms with Crippen molar-refractivity contribution in [2.75, 3.05) is 26.7 Å². The van der Waals surface area contributed by atoms with Gasteiger partial charge >= 0.3 is 0 Å². The van der Waals surface area contributed by atoms with Crippen molar-refractivity contribution in [3.05, 3.63) is 73.2 Å². The molecule has 0 N–H and O–H groups in total. The van der Waals surface area contributed by atoms with Gasteiger partial charge in [-0.1, -0.05) is 36.8 Å². The van der Waals surface area contributed by atoms with Gasteiger partial charge in [0.25, 0.3) is 0 Å². The minimum atomic E-state index is 0.866. The van der Waals surface area contributed by atoms with Crippen LogP contribution in [0.3, 0.4) is 0 Å². The first kappa shape index (κ1) is 20.8. The highest BCUT2D eigenvalue weighted by Crippen LogP contribution is 2.33. The fourth-order valence-electron chi connectivity index (χ4n) is 4.84. The van der Waals surface area contributed by atoms with Crippen molar-refractivity contribution in [3.63, 3.8) is 0 Å². The maximum atomic E-state index is 5.30. The molecule has 164 valence electrons. The summed E-state index contributed by atoms with van der Waals surface area (Å²) >= 11 is 0. The Hall–Kier alpha value is -3.11. The molecule has 1 fully saturated rings. The zero-order valence-electron chi connectivity index (χ0n) is 18.8. The van der Waals surface area contributed by atoms with Gasteiger partial charge in [-0.05, 0) is 68.7 Å². The summed E-state index contributed by atoms with van der Waals surface area (Å²) in [5.41, 5.74) is 5.97. The summed E-state index contributed by atoms with van der Waals surface area (Å²) in [6.45, 7) is 4.77. The lowest BCUT2D eigenvalue weighted by Gasteiger charge is -2.26. The molecule has 0 aliphatic carbocycles. The number of aromatic nitrogens is 2. The third kappa shape index (κ3) is 4.42. The number of hydrogen-bond donors (Lipinski definition) is 0. The van der Waals surface area contributed by atoms with Crippen molar-refractivity contribution < 1.29 is 4.74 Å². The molecular weight excluding hydrogens is 394 g/mol. The van der Waals surface area contributed by atoms with Crippen LogP contribution in [0.25, 0.3) is 33.2 Å². The van der Waals surface area contributed by atoms with Crippen LogP contribution >= 0.6 is 0 Å². The van der Waals surface area contributed by atoms with Gasteiger partial charge in [0.15, 0.2) is 0 Å². The average Bonchev–Trinajstić information content (AvgIpc) is 3.24. The molecule has 4 nitrogen and oxygen atoms in total. The van der Waals surface area contributed by atoms with E-state index in [1.807, 2.05) is 24.5 Å². The van der Waals surface area contributed by atoms with Gasteiger partial charge in [0, 0.05) is 52.7 Å². The molecule has 32 heavy (non-hydrogen) atoms. The summed E-state index contributed by atoms with van der Waals surface area (Å²) in [7, 11) is 1.69. The van der Waals surface area contributed by atoms with Crippen molar-refractivity contribution in [3.8, 4) is 28.0 Å². The monoisotopic (exact) mass is 425 g/mol. The molecule has 1 aliphatic rings. The number of likely N-dealkylation sites (tertiary alicyclic amines) is 1. The Labute approximate surface area is 190 Å². The smallest absolute Gasteiger partial charge is 0.118 e. The van der Waals surface area contributed by atoms with E-state index < -0.39 is 0 Å². The molecule has 4 heteroatoms. The van der Waals surface area contributed by atoms with E-state index in [-0.39, 0.29) is 0 Å². The molecule has 2 aromatic carbocycles. The number of piperidine rings is 1. The molecule has 3 heterocycles.